The smallest absolute Gasteiger partial charge is 0.406 e. The Kier molecular flexibility index (Phi) is 5.21. The maximum absolute atomic E-state index is 12.2. The third-order valence-corrected chi connectivity index (χ3v) is 4.84. The minimum atomic E-state index is -4.69. The first-order chi connectivity index (χ1) is 9.90. The number of aromatic nitrogens is 1. The van der Waals surface area contributed by atoms with Crippen LogP contribution < -0.4 is 9.54 Å². The summed E-state index contributed by atoms with van der Waals surface area (Å²) >= 11 is 2.96. The van der Waals surface area contributed by atoms with Crippen molar-refractivity contribution >= 4 is 33.3 Å². The monoisotopic (exact) mass is 336 g/mol. The molecule has 116 valence electrons. The predicted molar refractivity (Wildman–Crippen MR) is 80.0 cm³/mol. The second kappa shape index (κ2) is 6.74. The summed E-state index contributed by atoms with van der Waals surface area (Å²) in [6.45, 7) is 2.79. The summed E-state index contributed by atoms with van der Waals surface area (Å²) < 4.78 is 43.0. The Hall–Kier alpha value is -1.15. The van der Waals surface area contributed by atoms with Crippen molar-refractivity contribution in [2.75, 3.05) is 11.5 Å². The van der Waals surface area contributed by atoms with Gasteiger partial charge in [-0.25, -0.2) is 0 Å². The predicted octanol–water partition coefficient (Wildman–Crippen LogP) is 4.22. The van der Waals surface area contributed by atoms with E-state index in [9.17, 15) is 13.2 Å². The second-order valence-corrected chi connectivity index (χ2v) is 6.60. The fourth-order valence-corrected chi connectivity index (χ4v) is 3.66. The van der Waals surface area contributed by atoms with Crippen molar-refractivity contribution in [3.8, 4) is 5.75 Å². The number of hydrogen-bond donors (Lipinski definition) is 1. The topological polar surface area (TPSA) is 38.0 Å². The van der Waals surface area contributed by atoms with E-state index in [-0.39, 0.29) is 5.75 Å². The zero-order valence-electron chi connectivity index (χ0n) is 11.4. The Bertz CT molecular complexity index is 663. The maximum atomic E-state index is 12.2. The molecule has 0 aliphatic heterocycles. The Balaban J connectivity index is 2.20. The number of thioether (sulfide) groups is 1. The molecule has 1 aromatic carbocycles. The highest BCUT2D eigenvalue weighted by atomic mass is 32.2. The molecule has 2 aromatic rings. The van der Waals surface area contributed by atoms with Gasteiger partial charge in [0.15, 0.2) is 4.80 Å². The van der Waals surface area contributed by atoms with Gasteiger partial charge in [-0.15, -0.1) is 13.2 Å². The number of benzene rings is 1. The average Bonchev–Trinajstić information content (AvgIpc) is 2.68. The molecule has 0 radical (unpaired) electrons. The first-order valence-corrected chi connectivity index (χ1v) is 8.39. The van der Waals surface area contributed by atoms with Gasteiger partial charge in [0.25, 0.3) is 0 Å². The number of aryl methyl sites for hydroxylation is 1. The zero-order chi connectivity index (χ0) is 15.5. The lowest BCUT2D eigenvalue weighted by molar-refractivity contribution is -0.274. The van der Waals surface area contributed by atoms with Crippen LogP contribution in [0.2, 0.25) is 0 Å². The molecule has 8 heteroatoms. The van der Waals surface area contributed by atoms with E-state index in [1.807, 2.05) is 4.57 Å². The highest BCUT2D eigenvalue weighted by molar-refractivity contribution is 7.99. The fraction of sp³-hybridized carbons (Fsp3) is 0.462. The van der Waals surface area contributed by atoms with Gasteiger partial charge in [0, 0.05) is 12.3 Å². The number of rotatable bonds is 6. The number of alkyl halides is 3. The van der Waals surface area contributed by atoms with Crippen LogP contribution in [0.1, 0.15) is 13.3 Å². The molecule has 1 heterocycles. The van der Waals surface area contributed by atoms with Gasteiger partial charge < -0.3 is 9.30 Å². The first kappa shape index (κ1) is 16.2. The molecule has 0 unspecified atom stereocenters. The number of thiazole rings is 1. The standard InChI is InChI=1S/C13H15F3N2OS2/c1-2-6-20-7-5-18-10-4-3-9(19-13(14,15)16)8-11(10)21-12(18)17/h3-4,8,17H,2,5-7H2,1H3. The fourth-order valence-electron chi connectivity index (χ4n) is 1.89. The van der Waals surface area contributed by atoms with E-state index in [1.54, 1.807) is 17.8 Å². The van der Waals surface area contributed by atoms with Gasteiger partial charge in [-0.3, -0.25) is 5.41 Å². The molecule has 0 spiro atoms. The number of halogens is 3. The van der Waals surface area contributed by atoms with Crippen molar-refractivity contribution in [2.24, 2.45) is 0 Å². The third kappa shape index (κ3) is 4.41. The van der Waals surface area contributed by atoms with Crippen molar-refractivity contribution in [1.29, 1.82) is 5.41 Å². The molecule has 2 rings (SSSR count). The SMILES string of the molecule is CCCSCCn1c(=N)sc2cc(OC(F)(F)F)ccc21. The van der Waals surface area contributed by atoms with E-state index in [0.29, 0.717) is 16.0 Å². The molecule has 0 fully saturated rings. The van der Waals surface area contributed by atoms with Crippen LogP contribution in [0.25, 0.3) is 10.2 Å². The lowest BCUT2D eigenvalue weighted by atomic mass is 10.3. The van der Waals surface area contributed by atoms with Crippen LogP contribution in [-0.2, 0) is 6.54 Å². The summed E-state index contributed by atoms with van der Waals surface area (Å²) in [4.78, 5) is 0.339. The summed E-state index contributed by atoms with van der Waals surface area (Å²) in [6.07, 6.45) is -3.59. The number of hydrogen-bond acceptors (Lipinski definition) is 4. The maximum Gasteiger partial charge on any atom is 0.573 e. The third-order valence-electron chi connectivity index (χ3n) is 2.72. The van der Waals surface area contributed by atoms with Gasteiger partial charge in [0.05, 0.1) is 10.2 Å². The molecule has 0 saturated heterocycles. The van der Waals surface area contributed by atoms with E-state index in [2.05, 4.69) is 11.7 Å². The number of fused-ring (bicyclic) bond motifs is 1. The highest BCUT2D eigenvalue weighted by Gasteiger charge is 2.31. The lowest BCUT2D eigenvalue weighted by Crippen LogP contribution is -2.17. The quantitative estimate of drug-likeness (QED) is 0.802. The number of nitrogens with zero attached hydrogens (tertiary/aromatic N) is 1. The van der Waals surface area contributed by atoms with Crippen molar-refractivity contribution < 1.29 is 17.9 Å². The van der Waals surface area contributed by atoms with E-state index in [4.69, 9.17) is 5.41 Å². The molecule has 21 heavy (non-hydrogen) atoms. The van der Waals surface area contributed by atoms with Gasteiger partial charge in [0.2, 0.25) is 0 Å². The zero-order valence-corrected chi connectivity index (χ0v) is 13.0. The molecule has 0 amide bonds. The minimum Gasteiger partial charge on any atom is -0.406 e. The molecule has 0 bridgehead atoms. The molecule has 0 saturated carbocycles. The van der Waals surface area contributed by atoms with Crippen molar-refractivity contribution in [1.82, 2.24) is 4.57 Å². The second-order valence-electron chi connectivity index (χ2n) is 4.35. The average molecular weight is 336 g/mol. The molecule has 0 aliphatic rings. The van der Waals surface area contributed by atoms with Gasteiger partial charge >= 0.3 is 6.36 Å². The number of ether oxygens (including phenoxy) is 1. The van der Waals surface area contributed by atoms with E-state index < -0.39 is 6.36 Å². The Morgan fingerprint density at radius 2 is 2.10 bits per heavy atom. The normalized spacial score (nSPS) is 12.0. The summed E-state index contributed by atoms with van der Waals surface area (Å²) in [5.74, 6) is 1.71. The molecule has 1 N–H and O–H groups in total. The van der Waals surface area contributed by atoms with Crippen LogP contribution in [-0.4, -0.2) is 22.4 Å². The van der Waals surface area contributed by atoms with Crippen LogP contribution in [0.15, 0.2) is 18.2 Å². The van der Waals surface area contributed by atoms with Crippen molar-refractivity contribution in [3.05, 3.63) is 23.0 Å². The first-order valence-electron chi connectivity index (χ1n) is 6.42. The van der Waals surface area contributed by atoms with E-state index in [1.165, 1.54) is 12.1 Å². The molecular formula is C13H15F3N2OS2. The Labute approximate surface area is 128 Å². The van der Waals surface area contributed by atoms with Gasteiger partial charge in [-0.1, -0.05) is 18.3 Å². The van der Waals surface area contributed by atoms with E-state index in [0.717, 1.165) is 34.8 Å². The number of nitrogens with one attached hydrogen (secondary N) is 1. The van der Waals surface area contributed by atoms with Crippen molar-refractivity contribution in [2.45, 2.75) is 26.3 Å². The van der Waals surface area contributed by atoms with Crippen LogP contribution in [0.4, 0.5) is 13.2 Å². The van der Waals surface area contributed by atoms with Crippen LogP contribution in [0.3, 0.4) is 0 Å². The summed E-state index contributed by atoms with van der Waals surface area (Å²) in [7, 11) is 0. The lowest BCUT2D eigenvalue weighted by Gasteiger charge is -2.09. The molecule has 0 aliphatic carbocycles. The van der Waals surface area contributed by atoms with Gasteiger partial charge in [0.1, 0.15) is 5.75 Å². The largest absolute Gasteiger partial charge is 0.573 e. The summed E-state index contributed by atoms with van der Waals surface area (Å²) in [5, 5.41) is 7.94. The molecule has 0 atom stereocenters. The van der Waals surface area contributed by atoms with Crippen LogP contribution in [0, 0.1) is 5.41 Å². The Morgan fingerprint density at radius 3 is 2.76 bits per heavy atom. The molecular weight excluding hydrogens is 321 g/mol. The van der Waals surface area contributed by atoms with Crippen LogP contribution >= 0.6 is 23.1 Å². The van der Waals surface area contributed by atoms with Gasteiger partial charge in [-0.2, -0.15) is 11.8 Å². The van der Waals surface area contributed by atoms with E-state index >= 15 is 0 Å². The summed E-state index contributed by atoms with van der Waals surface area (Å²) in [6, 6.07) is 4.20. The van der Waals surface area contributed by atoms with Crippen LogP contribution in [0.5, 0.6) is 5.75 Å². The highest BCUT2D eigenvalue weighted by Crippen LogP contribution is 2.27. The van der Waals surface area contributed by atoms with Gasteiger partial charge in [-0.05, 0) is 30.4 Å². The minimum absolute atomic E-state index is 0.247. The molecule has 3 nitrogen and oxygen atoms in total. The van der Waals surface area contributed by atoms with Crippen molar-refractivity contribution in [3.63, 3.8) is 0 Å². The molecule has 1 aromatic heterocycles. The summed E-state index contributed by atoms with van der Waals surface area (Å²) in [5.41, 5.74) is 0.775. The Morgan fingerprint density at radius 1 is 1.33 bits per heavy atom.